The van der Waals surface area contributed by atoms with Gasteiger partial charge in [-0.15, -0.1) is 0 Å². The van der Waals surface area contributed by atoms with Gasteiger partial charge in [0.1, 0.15) is 6.04 Å². The molecule has 3 atom stereocenters. The second kappa shape index (κ2) is 6.97. The Bertz CT molecular complexity index is 827. The fourth-order valence-electron chi connectivity index (χ4n) is 5.17. The molecule has 28 heavy (non-hydrogen) atoms. The Kier molecular flexibility index (Phi) is 4.44. The van der Waals surface area contributed by atoms with Gasteiger partial charge in [-0.2, -0.15) is 0 Å². The van der Waals surface area contributed by atoms with Crippen LogP contribution in [-0.2, 0) is 22.7 Å². The van der Waals surface area contributed by atoms with E-state index in [0.29, 0.717) is 24.6 Å². The highest BCUT2D eigenvalue weighted by Gasteiger charge is 2.49. The van der Waals surface area contributed by atoms with E-state index in [1.165, 1.54) is 18.4 Å². The summed E-state index contributed by atoms with van der Waals surface area (Å²) in [6.45, 7) is 3.49. The van der Waals surface area contributed by atoms with Gasteiger partial charge in [-0.25, -0.2) is 0 Å². The van der Waals surface area contributed by atoms with E-state index < -0.39 is 6.04 Å². The van der Waals surface area contributed by atoms with Gasteiger partial charge in [-0.05, 0) is 61.4 Å². The van der Waals surface area contributed by atoms with Gasteiger partial charge in [0, 0.05) is 31.1 Å². The standard InChI is InChI=1S/C21H26N4O3/c26-18-4-3-17(20(27)24-18)25-11-13-9-12(1-2-14(13)21(25)28)10-23-19-15-5-7-22-8-6-16(15)19/h1-2,9,15-17,19,22-23H,3-8,10-11H2,(H,24,26,27). The zero-order valence-corrected chi connectivity index (χ0v) is 15.9. The molecule has 2 saturated heterocycles. The van der Waals surface area contributed by atoms with Crippen LogP contribution in [-0.4, -0.2) is 47.8 Å². The Morgan fingerprint density at radius 1 is 1.07 bits per heavy atom. The molecule has 3 N–H and O–H groups in total. The van der Waals surface area contributed by atoms with E-state index in [1.54, 1.807) is 4.90 Å². The predicted molar refractivity (Wildman–Crippen MR) is 102 cm³/mol. The summed E-state index contributed by atoms with van der Waals surface area (Å²) in [5.41, 5.74) is 2.83. The monoisotopic (exact) mass is 382 g/mol. The van der Waals surface area contributed by atoms with E-state index in [9.17, 15) is 14.4 Å². The summed E-state index contributed by atoms with van der Waals surface area (Å²) in [6.07, 6.45) is 3.19. The molecule has 7 heteroatoms. The molecule has 0 spiro atoms. The second-order valence-corrected chi connectivity index (χ2v) is 8.45. The van der Waals surface area contributed by atoms with E-state index >= 15 is 0 Å². The average Bonchev–Trinajstić information content (AvgIpc) is 3.31. The number of hydrogen-bond acceptors (Lipinski definition) is 5. The third-order valence-corrected chi connectivity index (χ3v) is 6.77. The van der Waals surface area contributed by atoms with Crippen molar-refractivity contribution in [2.24, 2.45) is 11.8 Å². The van der Waals surface area contributed by atoms with Crippen LogP contribution >= 0.6 is 0 Å². The smallest absolute Gasteiger partial charge is 0.255 e. The van der Waals surface area contributed by atoms with Crippen LogP contribution in [0.4, 0.5) is 0 Å². The van der Waals surface area contributed by atoms with Gasteiger partial charge in [0.15, 0.2) is 0 Å². The number of benzene rings is 1. The van der Waals surface area contributed by atoms with Crippen LogP contribution in [0.15, 0.2) is 18.2 Å². The number of fused-ring (bicyclic) bond motifs is 2. The first kappa shape index (κ1) is 17.8. The molecule has 5 rings (SSSR count). The lowest BCUT2D eigenvalue weighted by Gasteiger charge is -2.29. The number of hydrogen-bond donors (Lipinski definition) is 3. The molecule has 3 aliphatic heterocycles. The van der Waals surface area contributed by atoms with Crippen LogP contribution in [0.25, 0.3) is 0 Å². The van der Waals surface area contributed by atoms with Crippen molar-refractivity contribution < 1.29 is 14.4 Å². The normalized spacial score (nSPS) is 31.9. The molecule has 0 radical (unpaired) electrons. The molecule has 148 valence electrons. The minimum Gasteiger partial charge on any atom is -0.322 e. The molecule has 3 unspecified atom stereocenters. The quantitative estimate of drug-likeness (QED) is 0.661. The van der Waals surface area contributed by atoms with Crippen LogP contribution in [0.1, 0.15) is 47.2 Å². The number of amides is 3. The number of nitrogens with zero attached hydrogens (tertiary/aromatic N) is 1. The van der Waals surface area contributed by atoms with Crippen LogP contribution in [0.2, 0.25) is 0 Å². The Balaban J connectivity index is 1.23. The van der Waals surface area contributed by atoms with Crippen molar-refractivity contribution in [2.45, 2.75) is 50.9 Å². The lowest BCUT2D eigenvalue weighted by molar-refractivity contribution is -0.136. The molecule has 1 aromatic rings. The Hall–Kier alpha value is -2.25. The first-order chi connectivity index (χ1) is 13.6. The first-order valence-corrected chi connectivity index (χ1v) is 10.3. The van der Waals surface area contributed by atoms with Gasteiger partial charge in [0.2, 0.25) is 11.8 Å². The van der Waals surface area contributed by atoms with E-state index in [2.05, 4.69) is 22.0 Å². The SMILES string of the molecule is O=C1CCC(N2Cc3cc(CNC4C5CCNCCC54)ccc3C2=O)C(=O)N1. The predicted octanol–water partition coefficient (Wildman–Crippen LogP) is 0.535. The summed E-state index contributed by atoms with van der Waals surface area (Å²) in [5.74, 6) is 0.871. The Morgan fingerprint density at radius 2 is 1.86 bits per heavy atom. The van der Waals surface area contributed by atoms with Gasteiger partial charge in [0.05, 0.1) is 0 Å². The topological polar surface area (TPSA) is 90.5 Å². The largest absolute Gasteiger partial charge is 0.322 e. The van der Waals surface area contributed by atoms with Gasteiger partial charge in [-0.1, -0.05) is 12.1 Å². The van der Waals surface area contributed by atoms with E-state index in [1.807, 2.05) is 12.1 Å². The van der Waals surface area contributed by atoms with Gasteiger partial charge < -0.3 is 15.5 Å². The molecule has 7 nitrogen and oxygen atoms in total. The van der Waals surface area contributed by atoms with Crippen molar-refractivity contribution in [1.29, 1.82) is 0 Å². The van der Waals surface area contributed by atoms with Crippen molar-refractivity contribution >= 4 is 17.7 Å². The zero-order chi connectivity index (χ0) is 19.3. The number of carbonyl (C=O) groups is 3. The number of piperidine rings is 1. The van der Waals surface area contributed by atoms with Gasteiger partial charge in [0.25, 0.3) is 5.91 Å². The molecule has 1 aliphatic carbocycles. The lowest BCUT2D eigenvalue weighted by Crippen LogP contribution is -2.52. The molecule has 3 amide bonds. The number of nitrogens with one attached hydrogen (secondary N) is 3. The molecule has 4 aliphatic rings. The average molecular weight is 382 g/mol. The lowest BCUT2D eigenvalue weighted by atomic mass is 10.0. The molecular weight excluding hydrogens is 356 g/mol. The molecule has 0 aromatic heterocycles. The summed E-state index contributed by atoms with van der Waals surface area (Å²) in [7, 11) is 0. The van der Waals surface area contributed by atoms with Crippen LogP contribution in [0, 0.1) is 11.8 Å². The number of carbonyl (C=O) groups excluding carboxylic acids is 3. The molecule has 1 saturated carbocycles. The van der Waals surface area contributed by atoms with E-state index in [4.69, 9.17) is 0 Å². The highest BCUT2D eigenvalue weighted by atomic mass is 16.2. The third-order valence-electron chi connectivity index (χ3n) is 6.77. The molecule has 3 heterocycles. The maximum Gasteiger partial charge on any atom is 0.255 e. The van der Waals surface area contributed by atoms with E-state index in [-0.39, 0.29) is 24.1 Å². The Morgan fingerprint density at radius 3 is 2.61 bits per heavy atom. The van der Waals surface area contributed by atoms with E-state index in [0.717, 1.165) is 37.0 Å². The van der Waals surface area contributed by atoms with Crippen molar-refractivity contribution in [3.8, 4) is 0 Å². The molecule has 0 bridgehead atoms. The fourth-order valence-corrected chi connectivity index (χ4v) is 5.17. The van der Waals surface area contributed by atoms with Crippen LogP contribution in [0.5, 0.6) is 0 Å². The minimum absolute atomic E-state index is 0.110. The summed E-state index contributed by atoms with van der Waals surface area (Å²) in [6, 6.07) is 6.06. The fraction of sp³-hybridized carbons (Fsp3) is 0.571. The minimum atomic E-state index is -0.550. The van der Waals surface area contributed by atoms with Crippen molar-refractivity contribution in [1.82, 2.24) is 20.9 Å². The molecule has 1 aromatic carbocycles. The maximum absolute atomic E-state index is 12.8. The number of rotatable bonds is 4. The van der Waals surface area contributed by atoms with Gasteiger partial charge >= 0.3 is 0 Å². The second-order valence-electron chi connectivity index (χ2n) is 8.45. The van der Waals surface area contributed by atoms with Crippen LogP contribution in [0.3, 0.4) is 0 Å². The summed E-state index contributed by atoms with van der Waals surface area (Å²) in [4.78, 5) is 37.9. The zero-order valence-electron chi connectivity index (χ0n) is 15.9. The molecule has 3 fully saturated rings. The van der Waals surface area contributed by atoms with Crippen molar-refractivity contribution in [2.75, 3.05) is 13.1 Å². The highest BCUT2D eigenvalue weighted by molar-refractivity contribution is 6.05. The summed E-state index contributed by atoms with van der Waals surface area (Å²) < 4.78 is 0. The maximum atomic E-state index is 12.8. The first-order valence-electron chi connectivity index (χ1n) is 10.3. The van der Waals surface area contributed by atoms with Crippen LogP contribution < -0.4 is 16.0 Å². The molecular formula is C21H26N4O3. The summed E-state index contributed by atoms with van der Waals surface area (Å²) in [5, 5.41) is 9.51. The highest BCUT2D eigenvalue weighted by Crippen LogP contribution is 2.45. The third kappa shape index (κ3) is 3.12. The number of imide groups is 1. The Labute approximate surface area is 164 Å². The van der Waals surface area contributed by atoms with Crippen molar-refractivity contribution in [3.05, 3.63) is 34.9 Å². The van der Waals surface area contributed by atoms with Gasteiger partial charge in [-0.3, -0.25) is 19.7 Å². The summed E-state index contributed by atoms with van der Waals surface area (Å²) >= 11 is 0. The van der Waals surface area contributed by atoms with Crippen molar-refractivity contribution in [3.63, 3.8) is 0 Å².